The highest BCUT2D eigenvalue weighted by molar-refractivity contribution is 5.14. The molecule has 0 bridgehead atoms. The van der Waals surface area contributed by atoms with Crippen LogP contribution in [0.1, 0.15) is 269 Å². The van der Waals surface area contributed by atoms with E-state index < -0.39 is 0 Å². The van der Waals surface area contributed by atoms with Crippen LogP contribution in [0.2, 0.25) is 0 Å². The van der Waals surface area contributed by atoms with Gasteiger partial charge in [0, 0.05) is 0 Å². The van der Waals surface area contributed by atoms with Crippen LogP contribution in [0.4, 0.5) is 0 Å². The van der Waals surface area contributed by atoms with E-state index in [4.69, 9.17) is 0 Å². The van der Waals surface area contributed by atoms with Crippen molar-refractivity contribution in [3.63, 3.8) is 0 Å². The van der Waals surface area contributed by atoms with E-state index in [-0.39, 0.29) is 0 Å². The summed E-state index contributed by atoms with van der Waals surface area (Å²) >= 11 is 0. The molecule has 0 N–H and O–H groups in total. The van der Waals surface area contributed by atoms with Crippen LogP contribution in [-0.2, 0) is 6.42 Å². The lowest BCUT2D eigenvalue weighted by molar-refractivity contribution is 0.509. The molecule has 0 fully saturated rings. The third-order valence-electron chi connectivity index (χ3n) is 11.2. The van der Waals surface area contributed by atoms with Crippen LogP contribution in [0.5, 0.6) is 0 Å². The Morgan fingerprint density at radius 3 is 0.625 bits per heavy atom. The first-order chi connectivity index (χ1) is 23.9. The van der Waals surface area contributed by atoms with Crippen LogP contribution in [0.3, 0.4) is 0 Å². The number of unbranched alkanes of at least 4 members (excludes halogenated alkanes) is 39. The highest BCUT2D eigenvalue weighted by Crippen LogP contribution is 2.18. The maximum atomic E-state index is 2.31. The third kappa shape index (κ3) is 36.5. The molecule has 1 aromatic carbocycles. The Morgan fingerprint density at radius 1 is 0.229 bits per heavy atom. The van der Waals surface area contributed by atoms with Gasteiger partial charge in [-0.25, -0.2) is 0 Å². The van der Waals surface area contributed by atoms with Gasteiger partial charge in [-0.15, -0.1) is 0 Å². The van der Waals surface area contributed by atoms with Crippen LogP contribution in [-0.4, -0.2) is 0 Å². The summed E-state index contributed by atoms with van der Waals surface area (Å²) < 4.78 is 0. The van der Waals surface area contributed by atoms with Crippen LogP contribution in [0.25, 0.3) is 0 Å². The lowest BCUT2D eigenvalue weighted by atomic mass is 10.0. The van der Waals surface area contributed by atoms with Crippen molar-refractivity contribution in [2.45, 2.75) is 270 Å². The van der Waals surface area contributed by atoms with Crippen molar-refractivity contribution in [1.82, 2.24) is 0 Å². The minimum Gasteiger partial charge on any atom is -0.0654 e. The predicted octanol–water partition coefficient (Wildman–Crippen LogP) is 17.9. The minimum atomic E-state index is 1.26. The average molecular weight is 667 g/mol. The van der Waals surface area contributed by atoms with E-state index in [2.05, 4.69) is 37.3 Å². The summed E-state index contributed by atoms with van der Waals surface area (Å²) in [5.74, 6) is 0. The molecule has 0 amide bonds. The van der Waals surface area contributed by atoms with Gasteiger partial charge in [0.25, 0.3) is 0 Å². The van der Waals surface area contributed by atoms with Gasteiger partial charge in [-0.2, -0.15) is 0 Å². The highest BCUT2D eigenvalue weighted by atomic mass is 14.0. The van der Waals surface area contributed by atoms with Crippen molar-refractivity contribution in [1.29, 1.82) is 0 Å². The number of hydrogen-bond donors (Lipinski definition) is 0. The molecule has 48 heavy (non-hydrogen) atoms. The molecule has 0 heteroatoms. The molecule has 0 atom stereocenters. The molecule has 0 aromatic heterocycles. The fourth-order valence-corrected chi connectivity index (χ4v) is 7.76. The lowest BCUT2D eigenvalue weighted by Gasteiger charge is -2.05. The SMILES string of the molecule is CCCCCCCCCCCCCCCCCCCCCCCCCCCCCCCCCCCCCCCCCCc1ccccc1. The van der Waals surface area contributed by atoms with Gasteiger partial charge in [-0.3, -0.25) is 0 Å². The summed E-state index contributed by atoms with van der Waals surface area (Å²) in [6.45, 7) is 2.31. The molecule has 0 saturated carbocycles. The molecule has 0 heterocycles. The maximum absolute atomic E-state index is 2.31. The smallest absolute Gasteiger partial charge is 0.0279 e. The predicted molar refractivity (Wildman–Crippen MR) is 220 cm³/mol. The van der Waals surface area contributed by atoms with Gasteiger partial charge in [0.2, 0.25) is 0 Å². The Bertz CT molecular complexity index is 677. The first-order valence-electron chi connectivity index (χ1n) is 23.0. The van der Waals surface area contributed by atoms with Crippen molar-refractivity contribution in [3.8, 4) is 0 Å². The Morgan fingerprint density at radius 2 is 0.417 bits per heavy atom. The summed E-state index contributed by atoms with van der Waals surface area (Å²) in [4.78, 5) is 0. The molecule has 0 nitrogen and oxygen atoms in total. The number of hydrogen-bond acceptors (Lipinski definition) is 0. The molecule has 0 aliphatic rings. The van der Waals surface area contributed by atoms with Gasteiger partial charge in [-0.1, -0.05) is 288 Å². The second kappa shape index (κ2) is 40.6. The average Bonchev–Trinajstić information content (AvgIpc) is 3.11. The standard InChI is InChI=1S/C48H90/c1-2-3-4-5-6-7-8-9-10-11-12-13-14-15-16-17-18-19-20-21-22-23-24-25-26-27-28-29-30-31-32-33-34-35-36-37-38-39-40-42-45-48-46-43-41-44-47-48/h41,43-44,46-47H,2-40,42,45H2,1H3. The summed E-state index contributed by atoms with van der Waals surface area (Å²) in [6.07, 6.45) is 60.4. The Hall–Kier alpha value is -0.780. The molecule has 0 spiro atoms. The Labute approximate surface area is 305 Å². The zero-order chi connectivity index (χ0) is 34.1. The first-order valence-corrected chi connectivity index (χ1v) is 23.0. The second-order valence-corrected chi connectivity index (χ2v) is 16.0. The lowest BCUT2D eigenvalue weighted by Crippen LogP contribution is -1.86. The topological polar surface area (TPSA) is 0 Å². The van der Waals surface area contributed by atoms with Gasteiger partial charge < -0.3 is 0 Å². The zero-order valence-corrected chi connectivity index (χ0v) is 33.4. The molecule has 282 valence electrons. The van der Waals surface area contributed by atoms with Gasteiger partial charge in [-0.05, 0) is 18.4 Å². The molecule has 0 aliphatic heterocycles. The van der Waals surface area contributed by atoms with Crippen molar-refractivity contribution >= 4 is 0 Å². The van der Waals surface area contributed by atoms with Crippen molar-refractivity contribution in [2.24, 2.45) is 0 Å². The van der Waals surface area contributed by atoms with E-state index in [1.807, 2.05) is 0 Å². The molecule has 0 saturated heterocycles. The molecule has 0 radical (unpaired) electrons. The van der Waals surface area contributed by atoms with E-state index in [9.17, 15) is 0 Å². The molecular formula is C48H90. The molecule has 1 rings (SSSR count). The molecule has 1 aromatic rings. The maximum Gasteiger partial charge on any atom is -0.0279 e. The zero-order valence-electron chi connectivity index (χ0n) is 33.4. The van der Waals surface area contributed by atoms with Gasteiger partial charge in [0.15, 0.2) is 0 Å². The molecule has 0 aliphatic carbocycles. The van der Waals surface area contributed by atoms with Crippen molar-refractivity contribution in [3.05, 3.63) is 35.9 Å². The van der Waals surface area contributed by atoms with E-state index in [0.717, 1.165) is 0 Å². The van der Waals surface area contributed by atoms with Crippen LogP contribution in [0.15, 0.2) is 30.3 Å². The van der Waals surface area contributed by atoms with Gasteiger partial charge >= 0.3 is 0 Å². The number of benzene rings is 1. The minimum absolute atomic E-state index is 1.26. The van der Waals surface area contributed by atoms with Crippen molar-refractivity contribution < 1.29 is 0 Å². The fraction of sp³-hybridized carbons (Fsp3) is 0.875. The van der Waals surface area contributed by atoms with E-state index in [0.29, 0.717) is 0 Å². The normalized spacial score (nSPS) is 11.5. The van der Waals surface area contributed by atoms with E-state index in [1.54, 1.807) is 0 Å². The highest BCUT2D eigenvalue weighted by Gasteiger charge is 1.98. The van der Waals surface area contributed by atoms with Crippen LogP contribution in [0, 0.1) is 0 Å². The van der Waals surface area contributed by atoms with E-state index in [1.165, 1.54) is 269 Å². The van der Waals surface area contributed by atoms with Crippen molar-refractivity contribution in [2.75, 3.05) is 0 Å². The molecular weight excluding hydrogens is 577 g/mol. The Kier molecular flexibility index (Phi) is 38.3. The quantitative estimate of drug-likeness (QED) is 0.0610. The van der Waals surface area contributed by atoms with Crippen LogP contribution >= 0.6 is 0 Å². The molecule has 0 unspecified atom stereocenters. The van der Waals surface area contributed by atoms with Crippen LogP contribution < -0.4 is 0 Å². The Balaban J connectivity index is 1.60. The summed E-state index contributed by atoms with van der Waals surface area (Å²) in [5.41, 5.74) is 1.51. The van der Waals surface area contributed by atoms with Gasteiger partial charge in [0.1, 0.15) is 0 Å². The monoisotopic (exact) mass is 667 g/mol. The summed E-state index contributed by atoms with van der Waals surface area (Å²) in [5, 5.41) is 0. The van der Waals surface area contributed by atoms with Gasteiger partial charge in [0.05, 0.1) is 0 Å². The first kappa shape index (κ1) is 45.2. The third-order valence-corrected chi connectivity index (χ3v) is 11.2. The largest absolute Gasteiger partial charge is 0.0654 e. The second-order valence-electron chi connectivity index (χ2n) is 16.0. The fourth-order valence-electron chi connectivity index (χ4n) is 7.76. The number of aryl methyl sites for hydroxylation is 1. The summed E-state index contributed by atoms with van der Waals surface area (Å²) in [6, 6.07) is 11.0. The van der Waals surface area contributed by atoms with E-state index >= 15 is 0 Å². The number of rotatable bonds is 41. The summed E-state index contributed by atoms with van der Waals surface area (Å²) in [7, 11) is 0.